The van der Waals surface area contributed by atoms with Crippen LogP contribution in [0.2, 0.25) is 0 Å². The Bertz CT molecular complexity index is 799. The SMILES string of the molecule is CCc1sc(Cc2ccc(N)cc2)nc1-c1ccc(C(C)C)cc1. The highest BCUT2D eigenvalue weighted by Gasteiger charge is 2.12. The van der Waals surface area contributed by atoms with Gasteiger partial charge in [-0.25, -0.2) is 4.98 Å². The first-order valence-corrected chi connectivity index (χ1v) is 9.31. The summed E-state index contributed by atoms with van der Waals surface area (Å²) in [5.74, 6) is 0.557. The zero-order valence-corrected chi connectivity index (χ0v) is 15.4. The summed E-state index contributed by atoms with van der Waals surface area (Å²) in [6, 6.07) is 16.9. The summed E-state index contributed by atoms with van der Waals surface area (Å²) in [6.07, 6.45) is 1.88. The Morgan fingerprint density at radius 1 is 1.00 bits per heavy atom. The van der Waals surface area contributed by atoms with Gasteiger partial charge in [-0.15, -0.1) is 11.3 Å². The standard InChI is InChI=1S/C21H24N2S/c1-4-19-21(17-9-7-16(8-10-17)14(2)3)23-20(24-19)13-15-5-11-18(22)12-6-15/h5-12,14H,4,13,22H2,1-3H3. The number of aryl methyl sites for hydroxylation is 1. The monoisotopic (exact) mass is 336 g/mol. The van der Waals surface area contributed by atoms with Gasteiger partial charge in [-0.1, -0.05) is 57.2 Å². The van der Waals surface area contributed by atoms with E-state index in [0.717, 1.165) is 24.2 Å². The lowest BCUT2D eigenvalue weighted by Gasteiger charge is -2.06. The number of aromatic nitrogens is 1. The number of anilines is 1. The number of nitrogens with two attached hydrogens (primary N) is 1. The molecule has 0 saturated heterocycles. The minimum absolute atomic E-state index is 0.557. The van der Waals surface area contributed by atoms with Crippen LogP contribution < -0.4 is 5.73 Å². The minimum atomic E-state index is 0.557. The normalized spacial score (nSPS) is 11.2. The first kappa shape index (κ1) is 16.7. The average Bonchev–Trinajstić information content (AvgIpc) is 3.00. The number of hydrogen-bond acceptors (Lipinski definition) is 3. The lowest BCUT2D eigenvalue weighted by atomic mass is 10.0. The number of thiazole rings is 1. The molecule has 0 aliphatic carbocycles. The van der Waals surface area contributed by atoms with E-state index in [1.54, 1.807) is 0 Å². The number of nitrogen functional groups attached to an aromatic ring is 1. The lowest BCUT2D eigenvalue weighted by Crippen LogP contribution is -1.90. The Kier molecular flexibility index (Phi) is 5.00. The molecule has 0 amide bonds. The summed E-state index contributed by atoms with van der Waals surface area (Å²) in [5.41, 5.74) is 11.6. The van der Waals surface area contributed by atoms with E-state index in [-0.39, 0.29) is 0 Å². The van der Waals surface area contributed by atoms with Crippen molar-refractivity contribution >= 4 is 17.0 Å². The molecule has 0 spiro atoms. The molecule has 1 aromatic heterocycles. The van der Waals surface area contributed by atoms with Crippen LogP contribution in [0.3, 0.4) is 0 Å². The molecule has 0 aliphatic rings. The highest BCUT2D eigenvalue weighted by atomic mass is 32.1. The van der Waals surface area contributed by atoms with Gasteiger partial charge >= 0.3 is 0 Å². The van der Waals surface area contributed by atoms with Gasteiger partial charge in [0.25, 0.3) is 0 Å². The Hall–Kier alpha value is -2.13. The van der Waals surface area contributed by atoms with Crippen molar-refractivity contribution in [3.05, 3.63) is 69.5 Å². The van der Waals surface area contributed by atoms with Crippen LogP contribution in [0, 0.1) is 0 Å². The van der Waals surface area contributed by atoms with E-state index in [1.165, 1.54) is 26.6 Å². The zero-order valence-electron chi connectivity index (χ0n) is 14.5. The number of nitrogens with zero attached hydrogens (tertiary/aromatic N) is 1. The van der Waals surface area contributed by atoms with Gasteiger partial charge in [0.1, 0.15) is 0 Å². The molecule has 0 radical (unpaired) electrons. The van der Waals surface area contributed by atoms with Gasteiger partial charge < -0.3 is 5.73 Å². The fraction of sp³-hybridized carbons (Fsp3) is 0.286. The Balaban J connectivity index is 1.88. The van der Waals surface area contributed by atoms with Crippen molar-refractivity contribution in [3.8, 4) is 11.3 Å². The Morgan fingerprint density at radius 2 is 1.67 bits per heavy atom. The molecule has 2 aromatic carbocycles. The maximum atomic E-state index is 5.77. The third kappa shape index (κ3) is 3.68. The van der Waals surface area contributed by atoms with E-state index in [0.29, 0.717) is 5.92 Å². The van der Waals surface area contributed by atoms with E-state index in [9.17, 15) is 0 Å². The number of benzene rings is 2. The fourth-order valence-electron chi connectivity index (χ4n) is 2.78. The van der Waals surface area contributed by atoms with Crippen LogP contribution in [0.1, 0.15) is 47.7 Å². The van der Waals surface area contributed by atoms with Crippen LogP contribution in [0.25, 0.3) is 11.3 Å². The molecule has 1 heterocycles. The van der Waals surface area contributed by atoms with Crippen molar-refractivity contribution in [3.63, 3.8) is 0 Å². The summed E-state index contributed by atoms with van der Waals surface area (Å²) < 4.78 is 0. The summed E-state index contributed by atoms with van der Waals surface area (Å²) in [5, 5.41) is 1.17. The van der Waals surface area contributed by atoms with Crippen LogP contribution in [-0.2, 0) is 12.8 Å². The highest BCUT2D eigenvalue weighted by molar-refractivity contribution is 7.12. The third-order valence-corrected chi connectivity index (χ3v) is 5.45. The first-order valence-electron chi connectivity index (χ1n) is 8.50. The molecular weight excluding hydrogens is 312 g/mol. The lowest BCUT2D eigenvalue weighted by molar-refractivity contribution is 0.867. The van der Waals surface area contributed by atoms with E-state index >= 15 is 0 Å². The average molecular weight is 337 g/mol. The molecule has 3 aromatic rings. The molecule has 0 unspecified atom stereocenters. The molecule has 124 valence electrons. The van der Waals surface area contributed by atoms with Crippen LogP contribution in [-0.4, -0.2) is 4.98 Å². The second-order valence-corrected chi connectivity index (χ2v) is 7.60. The van der Waals surface area contributed by atoms with Crippen molar-refractivity contribution in [1.29, 1.82) is 0 Å². The molecular formula is C21H24N2S. The van der Waals surface area contributed by atoms with Crippen molar-refractivity contribution in [2.75, 3.05) is 5.73 Å². The third-order valence-electron chi connectivity index (χ3n) is 4.25. The first-order chi connectivity index (χ1) is 11.6. The molecule has 2 nitrogen and oxygen atoms in total. The quantitative estimate of drug-likeness (QED) is 0.610. The van der Waals surface area contributed by atoms with Crippen LogP contribution >= 0.6 is 11.3 Å². The number of hydrogen-bond donors (Lipinski definition) is 1. The van der Waals surface area contributed by atoms with Crippen molar-refractivity contribution in [1.82, 2.24) is 4.98 Å². The molecule has 2 N–H and O–H groups in total. The van der Waals surface area contributed by atoms with Gasteiger partial charge in [0.05, 0.1) is 10.7 Å². The second-order valence-electron chi connectivity index (χ2n) is 6.43. The van der Waals surface area contributed by atoms with Gasteiger partial charge in [0, 0.05) is 22.5 Å². The van der Waals surface area contributed by atoms with E-state index in [4.69, 9.17) is 10.7 Å². The van der Waals surface area contributed by atoms with Gasteiger partial charge in [0.2, 0.25) is 0 Å². The maximum Gasteiger partial charge on any atom is 0.0979 e. The fourth-order valence-corrected chi connectivity index (χ4v) is 3.84. The summed E-state index contributed by atoms with van der Waals surface area (Å²) >= 11 is 1.82. The molecule has 0 saturated carbocycles. The Labute approximate surface area is 148 Å². The van der Waals surface area contributed by atoms with E-state index < -0.39 is 0 Å². The summed E-state index contributed by atoms with van der Waals surface area (Å²) in [6.45, 7) is 6.65. The van der Waals surface area contributed by atoms with Crippen molar-refractivity contribution in [2.45, 2.75) is 39.5 Å². The summed E-state index contributed by atoms with van der Waals surface area (Å²) in [7, 11) is 0. The second kappa shape index (κ2) is 7.18. The molecule has 24 heavy (non-hydrogen) atoms. The highest BCUT2D eigenvalue weighted by Crippen LogP contribution is 2.31. The van der Waals surface area contributed by atoms with Crippen LogP contribution in [0.4, 0.5) is 5.69 Å². The molecule has 0 fully saturated rings. The molecule has 0 bridgehead atoms. The number of rotatable bonds is 5. The Morgan fingerprint density at radius 3 is 2.25 bits per heavy atom. The van der Waals surface area contributed by atoms with Crippen LogP contribution in [0.5, 0.6) is 0 Å². The van der Waals surface area contributed by atoms with Crippen LogP contribution in [0.15, 0.2) is 48.5 Å². The molecule has 3 rings (SSSR count). The maximum absolute atomic E-state index is 5.77. The topological polar surface area (TPSA) is 38.9 Å². The molecule has 0 aliphatic heterocycles. The summed E-state index contributed by atoms with van der Waals surface area (Å²) in [4.78, 5) is 6.29. The van der Waals surface area contributed by atoms with Gasteiger partial charge in [-0.3, -0.25) is 0 Å². The molecule has 3 heteroatoms. The van der Waals surface area contributed by atoms with Crippen molar-refractivity contribution in [2.24, 2.45) is 0 Å². The zero-order chi connectivity index (χ0) is 17.1. The van der Waals surface area contributed by atoms with Gasteiger partial charge in [-0.05, 0) is 35.6 Å². The minimum Gasteiger partial charge on any atom is -0.399 e. The van der Waals surface area contributed by atoms with Crippen molar-refractivity contribution < 1.29 is 0 Å². The van der Waals surface area contributed by atoms with E-state index in [2.05, 4.69) is 57.2 Å². The smallest absolute Gasteiger partial charge is 0.0979 e. The van der Waals surface area contributed by atoms with E-state index in [1.807, 2.05) is 23.5 Å². The predicted molar refractivity (Wildman–Crippen MR) is 105 cm³/mol. The largest absolute Gasteiger partial charge is 0.399 e. The van der Waals surface area contributed by atoms with Gasteiger partial charge in [0.15, 0.2) is 0 Å². The molecule has 0 atom stereocenters. The van der Waals surface area contributed by atoms with Gasteiger partial charge in [-0.2, -0.15) is 0 Å². The predicted octanol–water partition coefficient (Wildman–Crippen LogP) is 5.67.